The summed E-state index contributed by atoms with van der Waals surface area (Å²) >= 11 is 0. The van der Waals surface area contributed by atoms with Crippen LogP contribution in [0.5, 0.6) is 0 Å². The van der Waals surface area contributed by atoms with Crippen LogP contribution < -0.4 is 5.56 Å². The number of hydrogen-bond donors (Lipinski definition) is 1. The molecule has 30 heavy (non-hydrogen) atoms. The number of aryl methyl sites for hydroxylation is 1. The number of H-pyrrole nitrogens is 1. The van der Waals surface area contributed by atoms with Crippen LogP contribution in [0.2, 0.25) is 0 Å². The van der Waals surface area contributed by atoms with E-state index in [9.17, 15) is 9.18 Å². The molecule has 5 rings (SSSR count). The van der Waals surface area contributed by atoms with E-state index in [1.165, 1.54) is 12.8 Å². The van der Waals surface area contributed by atoms with Crippen molar-refractivity contribution in [3.63, 3.8) is 0 Å². The number of hydrogen-bond acceptors (Lipinski definition) is 4. The predicted octanol–water partition coefficient (Wildman–Crippen LogP) is 3.92. The molecule has 7 heteroatoms. The first-order valence-corrected chi connectivity index (χ1v) is 10.9. The van der Waals surface area contributed by atoms with Crippen molar-refractivity contribution in [1.82, 2.24) is 24.6 Å². The van der Waals surface area contributed by atoms with Crippen LogP contribution in [0.25, 0.3) is 11.0 Å². The van der Waals surface area contributed by atoms with Crippen molar-refractivity contribution in [3.05, 3.63) is 57.5 Å². The van der Waals surface area contributed by atoms with Crippen molar-refractivity contribution in [2.45, 2.75) is 58.0 Å². The summed E-state index contributed by atoms with van der Waals surface area (Å²) in [5.74, 6) is 1.08. The van der Waals surface area contributed by atoms with Crippen LogP contribution in [-0.4, -0.2) is 37.7 Å². The lowest BCUT2D eigenvalue weighted by Gasteiger charge is -2.16. The number of nitrogens with one attached hydrogen (secondary N) is 1. The van der Waals surface area contributed by atoms with Crippen molar-refractivity contribution >= 4 is 11.0 Å². The van der Waals surface area contributed by atoms with Gasteiger partial charge in [-0.2, -0.15) is 5.10 Å². The molecule has 3 heterocycles. The molecule has 1 N–H and O–H groups in total. The molecule has 1 saturated carbocycles. The quantitative estimate of drug-likeness (QED) is 0.709. The third-order valence-corrected chi connectivity index (χ3v) is 6.83. The molecule has 1 aromatic carbocycles. The lowest BCUT2D eigenvalue weighted by Crippen LogP contribution is -2.22. The van der Waals surface area contributed by atoms with Crippen LogP contribution in [0.3, 0.4) is 0 Å². The Bertz CT molecular complexity index is 1130. The highest BCUT2D eigenvalue weighted by Gasteiger charge is 2.33. The standard InChI is InChI=1S/C23H28FN5O/c1-14-7-8-16(9-20(14)24)12-28-11-15(2)19(13-28)21-26-22-18(23(30)27-21)10-25-29(22)17-5-3-4-6-17/h7-10,15,17,19H,3-6,11-13H2,1-2H3,(H,26,27,30)/t15-,19-/m1/s1. The Morgan fingerprint density at radius 2 is 2.03 bits per heavy atom. The summed E-state index contributed by atoms with van der Waals surface area (Å²) in [5.41, 5.74) is 2.25. The molecular weight excluding hydrogens is 381 g/mol. The summed E-state index contributed by atoms with van der Waals surface area (Å²) in [7, 11) is 0. The molecule has 2 aromatic heterocycles. The van der Waals surface area contributed by atoms with Gasteiger partial charge in [-0.05, 0) is 42.9 Å². The molecule has 1 saturated heterocycles. The van der Waals surface area contributed by atoms with Gasteiger partial charge in [-0.3, -0.25) is 9.69 Å². The van der Waals surface area contributed by atoms with E-state index in [0.717, 1.165) is 37.3 Å². The first kappa shape index (κ1) is 19.4. The minimum absolute atomic E-state index is 0.106. The van der Waals surface area contributed by atoms with E-state index in [-0.39, 0.29) is 17.3 Å². The zero-order valence-electron chi connectivity index (χ0n) is 17.6. The van der Waals surface area contributed by atoms with E-state index in [1.54, 1.807) is 19.2 Å². The molecule has 6 nitrogen and oxygen atoms in total. The van der Waals surface area contributed by atoms with Gasteiger partial charge in [-0.25, -0.2) is 14.1 Å². The van der Waals surface area contributed by atoms with Crippen molar-refractivity contribution in [3.8, 4) is 0 Å². The monoisotopic (exact) mass is 409 g/mol. The van der Waals surface area contributed by atoms with Crippen molar-refractivity contribution < 1.29 is 4.39 Å². The Balaban J connectivity index is 1.41. The van der Waals surface area contributed by atoms with Crippen LogP contribution >= 0.6 is 0 Å². The number of halogens is 1. The van der Waals surface area contributed by atoms with Gasteiger partial charge in [0, 0.05) is 25.6 Å². The average Bonchev–Trinajstić information content (AvgIpc) is 3.44. The summed E-state index contributed by atoms with van der Waals surface area (Å²) in [6.07, 6.45) is 6.26. The SMILES string of the molecule is Cc1ccc(CN2C[C@@H](C)[C@H](c3nc4c(cnn4C4CCCC4)c(=O)[nH]3)C2)cc1F. The fraction of sp³-hybridized carbons (Fsp3) is 0.522. The van der Waals surface area contributed by atoms with Gasteiger partial charge in [0.25, 0.3) is 5.56 Å². The number of aromatic amines is 1. The molecule has 0 amide bonds. The molecule has 158 valence electrons. The van der Waals surface area contributed by atoms with Gasteiger partial charge in [0.05, 0.1) is 12.2 Å². The van der Waals surface area contributed by atoms with E-state index < -0.39 is 0 Å². The Morgan fingerprint density at radius 1 is 1.23 bits per heavy atom. The number of aromatic nitrogens is 4. The Morgan fingerprint density at radius 3 is 2.80 bits per heavy atom. The molecule has 1 aliphatic heterocycles. The molecular formula is C23H28FN5O. The average molecular weight is 410 g/mol. The van der Waals surface area contributed by atoms with Gasteiger partial charge >= 0.3 is 0 Å². The van der Waals surface area contributed by atoms with Crippen molar-refractivity contribution in [2.24, 2.45) is 5.92 Å². The Labute approximate surface area is 175 Å². The summed E-state index contributed by atoms with van der Waals surface area (Å²) < 4.78 is 15.9. The van der Waals surface area contributed by atoms with Gasteiger partial charge in [-0.15, -0.1) is 0 Å². The van der Waals surface area contributed by atoms with Crippen LogP contribution in [0.15, 0.2) is 29.2 Å². The molecule has 2 atom stereocenters. The third-order valence-electron chi connectivity index (χ3n) is 6.83. The normalized spacial score (nSPS) is 23.0. The number of rotatable bonds is 4. The van der Waals surface area contributed by atoms with E-state index in [0.29, 0.717) is 35.1 Å². The summed E-state index contributed by atoms with van der Waals surface area (Å²) in [4.78, 5) is 23.0. The maximum absolute atomic E-state index is 13.9. The highest BCUT2D eigenvalue weighted by Crippen LogP contribution is 2.33. The highest BCUT2D eigenvalue weighted by atomic mass is 19.1. The second-order valence-electron chi connectivity index (χ2n) is 9.08. The minimum Gasteiger partial charge on any atom is -0.310 e. The van der Waals surface area contributed by atoms with Crippen LogP contribution in [0.1, 0.15) is 61.5 Å². The molecule has 0 spiro atoms. The number of likely N-dealkylation sites (tertiary alicyclic amines) is 1. The molecule has 3 aromatic rings. The zero-order chi connectivity index (χ0) is 20.8. The van der Waals surface area contributed by atoms with Crippen molar-refractivity contribution in [2.75, 3.05) is 13.1 Å². The van der Waals surface area contributed by atoms with Crippen molar-refractivity contribution in [1.29, 1.82) is 0 Å². The van der Waals surface area contributed by atoms with Crippen LogP contribution in [-0.2, 0) is 6.54 Å². The molecule has 2 aliphatic rings. The summed E-state index contributed by atoms with van der Waals surface area (Å²) in [5, 5.41) is 5.07. The number of benzene rings is 1. The Kier molecular flexibility index (Phi) is 4.93. The van der Waals surface area contributed by atoms with Gasteiger partial charge in [0.1, 0.15) is 17.0 Å². The first-order chi connectivity index (χ1) is 14.5. The zero-order valence-corrected chi connectivity index (χ0v) is 17.6. The molecule has 0 unspecified atom stereocenters. The highest BCUT2D eigenvalue weighted by molar-refractivity contribution is 5.73. The largest absolute Gasteiger partial charge is 0.310 e. The van der Waals surface area contributed by atoms with E-state index in [2.05, 4.69) is 21.9 Å². The molecule has 0 bridgehead atoms. The van der Waals surface area contributed by atoms with Crippen LogP contribution in [0.4, 0.5) is 4.39 Å². The fourth-order valence-corrected chi connectivity index (χ4v) is 5.09. The molecule has 0 radical (unpaired) electrons. The number of nitrogens with zero attached hydrogens (tertiary/aromatic N) is 4. The topological polar surface area (TPSA) is 66.8 Å². The molecule has 2 fully saturated rings. The van der Waals surface area contributed by atoms with Gasteiger partial charge in [0.2, 0.25) is 0 Å². The maximum atomic E-state index is 13.9. The predicted molar refractivity (Wildman–Crippen MR) is 114 cm³/mol. The number of fused-ring (bicyclic) bond motifs is 1. The second-order valence-corrected chi connectivity index (χ2v) is 9.08. The third kappa shape index (κ3) is 3.45. The van der Waals surface area contributed by atoms with E-state index >= 15 is 0 Å². The van der Waals surface area contributed by atoms with Gasteiger partial charge in [-0.1, -0.05) is 31.9 Å². The second kappa shape index (κ2) is 7.61. The lowest BCUT2D eigenvalue weighted by molar-refractivity contribution is 0.318. The van der Waals surface area contributed by atoms with E-state index in [4.69, 9.17) is 4.98 Å². The van der Waals surface area contributed by atoms with Gasteiger partial charge in [0.15, 0.2) is 5.65 Å². The molecule has 1 aliphatic carbocycles. The van der Waals surface area contributed by atoms with E-state index in [1.807, 2.05) is 16.8 Å². The fourth-order valence-electron chi connectivity index (χ4n) is 5.09. The first-order valence-electron chi connectivity index (χ1n) is 10.9. The van der Waals surface area contributed by atoms with Crippen LogP contribution in [0, 0.1) is 18.7 Å². The lowest BCUT2D eigenvalue weighted by atomic mass is 9.97. The Hall–Kier alpha value is -2.54. The van der Waals surface area contributed by atoms with Gasteiger partial charge < -0.3 is 4.98 Å². The minimum atomic E-state index is -0.159. The summed E-state index contributed by atoms with van der Waals surface area (Å²) in [6, 6.07) is 5.79. The maximum Gasteiger partial charge on any atom is 0.262 e. The smallest absolute Gasteiger partial charge is 0.262 e. The summed E-state index contributed by atoms with van der Waals surface area (Å²) in [6.45, 7) is 6.36.